The molecule has 1 aliphatic rings. The van der Waals surface area contributed by atoms with E-state index in [1.165, 1.54) is 12.8 Å². The molecule has 0 bridgehead atoms. The summed E-state index contributed by atoms with van der Waals surface area (Å²) in [6.07, 6.45) is 3.44. The number of aliphatic hydroxyl groups is 1. The Hall–Kier alpha value is -0.0400. The zero-order valence-corrected chi connectivity index (χ0v) is 7.88. The van der Waals surface area contributed by atoms with Crippen molar-refractivity contribution in [3.05, 3.63) is 0 Å². The Balaban J connectivity index is 2.40. The monoisotopic (exact) mass is 156 g/mol. The lowest BCUT2D eigenvalue weighted by molar-refractivity contribution is 0.0465. The quantitative estimate of drug-likeness (QED) is 0.618. The Morgan fingerprint density at radius 2 is 1.91 bits per heavy atom. The van der Waals surface area contributed by atoms with Crippen LogP contribution in [0.25, 0.3) is 0 Å². The maximum atomic E-state index is 9.48. The van der Waals surface area contributed by atoms with Crippen LogP contribution in [0.2, 0.25) is 0 Å². The molecular weight excluding hydrogens is 136 g/mol. The van der Waals surface area contributed by atoms with E-state index in [0.29, 0.717) is 5.92 Å². The third kappa shape index (κ3) is 2.19. The highest BCUT2D eigenvalue weighted by molar-refractivity contribution is 4.78. The van der Waals surface area contributed by atoms with Crippen molar-refractivity contribution in [2.24, 2.45) is 17.8 Å². The molecule has 0 radical (unpaired) electrons. The minimum Gasteiger partial charge on any atom is -0.393 e. The summed E-state index contributed by atoms with van der Waals surface area (Å²) in [6, 6.07) is 0. The molecule has 66 valence electrons. The maximum Gasteiger partial charge on any atom is 0.0566 e. The number of aliphatic hydroxyl groups excluding tert-OH is 1. The van der Waals surface area contributed by atoms with E-state index in [-0.39, 0.29) is 6.10 Å². The summed E-state index contributed by atoms with van der Waals surface area (Å²) in [6.45, 7) is 6.74. The largest absolute Gasteiger partial charge is 0.393 e. The van der Waals surface area contributed by atoms with Gasteiger partial charge in [0, 0.05) is 0 Å². The standard InChI is InChI=1S/C10H20O/c1-7(2)9-4-5-10(11)8(3)6-9/h7-11H,4-6H2,1-3H3/t8-,9-,10-/m0/s1. The molecule has 0 heterocycles. The van der Waals surface area contributed by atoms with Crippen LogP contribution in [0.15, 0.2) is 0 Å². The van der Waals surface area contributed by atoms with Crippen LogP contribution in [0.4, 0.5) is 0 Å². The zero-order chi connectivity index (χ0) is 8.43. The van der Waals surface area contributed by atoms with Crippen LogP contribution >= 0.6 is 0 Å². The van der Waals surface area contributed by atoms with Crippen molar-refractivity contribution in [2.45, 2.75) is 46.1 Å². The number of hydrogen-bond donors (Lipinski definition) is 1. The van der Waals surface area contributed by atoms with Crippen molar-refractivity contribution in [1.82, 2.24) is 0 Å². The molecule has 1 nitrogen and oxygen atoms in total. The van der Waals surface area contributed by atoms with Gasteiger partial charge in [-0.2, -0.15) is 0 Å². The minimum atomic E-state index is -0.0231. The smallest absolute Gasteiger partial charge is 0.0566 e. The van der Waals surface area contributed by atoms with Crippen LogP contribution in [-0.4, -0.2) is 11.2 Å². The van der Waals surface area contributed by atoms with E-state index in [4.69, 9.17) is 0 Å². The van der Waals surface area contributed by atoms with Gasteiger partial charge in [-0.1, -0.05) is 20.8 Å². The second kappa shape index (κ2) is 3.57. The van der Waals surface area contributed by atoms with Gasteiger partial charge in [-0.3, -0.25) is 0 Å². The van der Waals surface area contributed by atoms with E-state index < -0.39 is 0 Å². The fraction of sp³-hybridized carbons (Fsp3) is 1.00. The van der Waals surface area contributed by atoms with Crippen molar-refractivity contribution in [2.75, 3.05) is 0 Å². The van der Waals surface area contributed by atoms with E-state index in [1.54, 1.807) is 0 Å². The van der Waals surface area contributed by atoms with Crippen LogP contribution in [0.1, 0.15) is 40.0 Å². The summed E-state index contributed by atoms with van der Waals surface area (Å²) in [7, 11) is 0. The molecule has 1 aliphatic carbocycles. The maximum absolute atomic E-state index is 9.48. The van der Waals surface area contributed by atoms with Crippen LogP contribution < -0.4 is 0 Å². The molecule has 0 spiro atoms. The molecule has 1 fully saturated rings. The van der Waals surface area contributed by atoms with Crippen LogP contribution in [-0.2, 0) is 0 Å². The molecule has 1 N–H and O–H groups in total. The molecule has 1 heteroatoms. The lowest BCUT2D eigenvalue weighted by Gasteiger charge is -2.33. The molecular formula is C10H20O. The Labute approximate surface area is 69.8 Å². The first kappa shape index (κ1) is 9.05. The van der Waals surface area contributed by atoms with Gasteiger partial charge in [-0.15, -0.1) is 0 Å². The SMILES string of the molecule is CC(C)[C@H]1CC[C@H](O)[C@@H](C)C1. The summed E-state index contributed by atoms with van der Waals surface area (Å²) in [5, 5.41) is 9.48. The van der Waals surface area contributed by atoms with Crippen molar-refractivity contribution in [1.29, 1.82) is 0 Å². The summed E-state index contributed by atoms with van der Waals surface area (Å²) < 4.78 is 0. The second-order valence-corrected chi connectivity index (χ2v) is 4.36. The molecule has 0 unspecified atom stereocenters. The average molecular weight is 156 g/mol. The van der Waals surface area contributed by atoms with E-state index in [2.05, 4.69) is 20.8 Å². The van der Waals surface area contributed by atoms with E-state index in [1.807, 2.05) is 0 Å². The molecule has 1 saturated carbocycles. The van der Waals surface area contributed by atoms with Gasteiger partial charge in [0.05, 0.1) is 6.10 Å². The first-order valence-electron chi connectivity index (χ1n) is 4.79. The summed E-state index contributed by atoms with van der Waals surface area (Å²) >= 11 is 0. The number of rotatable bonds is 1. The van der Waals surface area contributed by atoms with Crippen molar-refractivity contribution in [3.63, 3.8) is 0 Å². The van der Waals surface area contributed by atoms with Gasteiger partial charge < -0.3 is 5.11 Å². The minimum absolute atomic E-state index is 0.0231. The van der Waals surface area contributed by atoms with E-state index in [9.17, 15) is 5.11 Å². The van der Waals surface area contributed by atoms with Crippen molar-refractivity contribution < 1.29 is 5.11 Å². The normalized spacial score (nSPS) is 39.5. The summed E-state index contributed by atoms with van der Waals surface area (Å²) in [5.41, 5.74) is 0. The molecule has 3 atom stereocenters. The molecule has 1 rings (SSSR count). The highest BCUT2D eigenvalue weighted by Crippen LogP contribution is 2.33. The molecule has 0 amide bonds. The van der Waals surface area contributed by atoms with Crippen LogP contribution in [0.5, 0.6) is 0 Å². The van der Waals surface area contributed by atoms with Crippen LogP contribution in [0, 0.1) is 17.8 Å². The Bertz CT molecular complexity index is 120. The van der Waals surface area contributed by atoms with Gasteiger partial charge in [0.1, 0.15) is 0 Å². The molecule has 0 aromatic heterocycles. The third-order valence-electron chi connectivity index (χ3n) is 3.11. The summed E-state index contributed by atoms with van der Waals surface area (Å²) in [4.78, 5) is 0. The second-order valence-electron chi connectivity index (χ2n) is 4.36. The molecule has 0 aromatic rings. The van der Waals surface area contributed by atoms with Gasteiger partial charge in [0.25, 0.3) is 0 Å². The molecule has 0 saturated heterocycles. The highest BCUT2D eigenvalue weighted by atomic mass is 16.3. The van der Waals surface area contributed by atoms with Gasteiger partial charge in [-0.05, 0) is 37.0 Å². The highest BCUT2D eigenvalue weighted by Gasteiger charge is 2.27. The van der Waals surface area contributed by atoms with E-state index >= 15 is 0 Å². The van der Waals surface area contributed by atoms with Crippen LogP contribution in [0.3, 0.4) is 0 Å². The van der Waals surface area contributed by atoms with Gasteiger partial charge >= 0.3 is 0 Å². The molecule has 0 aliphatic heterocycles. The predicted molar refractivity (Wildman–Crippen MR) is 47.3 cm³/mol. The summed E-state index contributed by atoms with van der Waals surface area (Å²) in [5.74, 6) is 2.18. The van der Waals surface area contributed by atoms with Gasteiger partial charge in [-0.25, -0.2) is 0 Å². The Morgan fingerprint density at radius 1 is 1.27 bits per heavy atom. The average Bonchev–Trinajstić information content (AvgIpc) is 1.94. The van der Waals surface area contributed by atoms with Gasteiger partial charge in [0.2, 0.25) is 0 Å². The zero-order valence-electron chi connectivity index (χ0n) is 7.88. The van der Waals surface area contributed by atoms with E-state index in [0.717, 1.165) is 18.3 Å². The fourth-order valence-electron chi connectivity index (χ4n) is 2.03. The van der Waals surface area contributed by atoms with Crippen molar-refractivity contribution in [3.8, 4) is 0 Å². The lowest BCUT2D eigenvalue weighted by atomic mass is 9.75. The number of hydrogen-bond acceptors (Lipinski definition) is 1. The predicted octanol–water partition coefficient (Wildman–Crippen LogP) is 2.44. The van der Waals surface area contributed by atoms with Crippen molar-refractivity contribution >= 4 is 0 Å². The van der Waals surface area contributed by atoms with Gasteiger partial charge in [0.15, 0.2) is 0 Å². The first-order chi connectivity index (χ1) is 5.11. The first-order valence-corrected chi connectivity index (χ1v) is 4.79. The third-order valence-corrected chi connectivity index (χ3v) is 3.11. The molecule has 0 aromatic carbocycles. The Morgan fingerprint density at radius 3 is 2.36 bits per heavy atom. The molecule has 11 heavy (non-hydrogen) atoms. The fourth-order valence-corrected chi connectivity index (χ4v) is 2.03. The Kier molecular flexibility index (Phi) is 2.94. The lowest BCUT2D eigenvalue weighted by Crippen LogP contribution is -2.29. The topological polar surface area (TPSA) is 20.2 Å².